The number of thioether (sulfide) groups is 3. The normalized spacial score (nSPS) is 23.6. The molecule has 0 spiro atoms. The number of carbonyl (C=O) groups is 3. The highest BCUT2D eigenvalue weighted by Gasteiger charge is 2.42. The number of hydrogen-bond acceptors (Lipinski definition) is 8. The summed E-state index contributed by atoms with van der Waals surface area (Å²) >= 11 is 5.35. The van der Waals surface area contributed by atoms with Crippen molar-refractivity contribution in [3.8, 4) is 0 Å². The number of esters is 1. The van der Waals surface area contributed by atoms with E-state index in [9.17, 15) is 14.4 Å². The summed E-state index contributed by atoms with van der Waals surface area (Å²) < 4.78 is 10.00. The molecule has 2 heterocycles. The predicted molar refractivity (Wildman–Crippen MR) is 116 cm³/mol. The lowest BCUT2D eigenvalue weighted by atomic mass is 10.0. The summed E-state index contributed by atoms with van der Waals surface area (Å²) in [5.74, 6) is 2.32. The Balaban J connectivity index is 1.47. The van der Waals surface area contributed by atoms with Crippen LogP contribution in [0.15, 0.2) is 0 Å². The largest absolute Gasteiger partial charge is 0.467 e. The molecule has 2 fully saturated rings. The van der Waals surface area contributed by atoms with Crippen molar-refractivity contribution in [1.29, 1.82) is 0 Å². The number of fused-ring (bicyclic) bond motifs is 1. The van der Waals surface area contributed by atoms with Gasteiger partial charge in [-0.1, -0.05) is 6.42 Å². The van der Waals surface area contributed by atoms with Crippen LogP contribution in [-0.4, -0.2) is 70.4 Å². The third-order valence-corrected chi connectivity index (χ3v) is 8.92. The van der Waals surface area contributed by atoms with Crippen LogP contribution in [0.2, 0.25) is 0 Å². The molecule has 0 bridgehead atoms. The van der Waals surface area contributed by atoms with Gasteiger partial charge in [0, 0.05) is 28.9 Å². The van der Waals surface area contributed by atoms with Crippen LogP contribution in [0.4, 0.5) is 4.79 Å². The predicted octanol–water partition coefficient (Wildman–Crippen LogP) is 2.63. The molecule has 2 aliphatic heterocycles. The first-order chi connectivity index (χ1) is 13.4. The molecule has 28 heavy (non-hydrogen) atoms. The maximum Gasteiger partial charge on any atom is 0.315 e. The van der Waals surface area contributed by atoms with Crippen LogP contribution in [0, 0.1) is 0 Å². The van der Waals surface area contributed by atoms with Gasteiger partial charge < -0.3 is 20.1 Å². The Bertz CT molecular complexity index is 535. The van der Waals surface area contributed by atoms with Gasteiger partial charge in [-0.05, 0) is 26.7 Å². The van der Waals surface area contributed by atoms with Gasteiger partial charge in [-0.2, -0.15) is 11.8 Å². The van der Waals surface area contributed by atoms with E-state index in [0.717, 1.165) is 36.5 Å². The van der Waals surface area contributed by atoms with E-state index in [2.05, 4.69) is 29.2 Å². The maximum absolute atomic E-state index is 11.9. The summed E-state index contributed by atoms with van der Waals surface area (Å²) in [6.45, 7) is 5.51. The van der Waals surface area contributed by atoms with Crippen LogP contribution in [0.1, 0.15) is 39.5 Å². The standard InChI is InChI=1S/C18H30N2O5S3/c1-18(2,27-9-7-24-12-21)28-10-8-25-15(22)6-4-3-5-14-16-13(11-26-14)19-17(23)20-16/h12-14,16H,3-11H2,1-2H3,(H2,19,20,23)/t13-,14-,16-/m0/s1. The van der Waals surface area contributed by atoms with E-state index in [0.29, 0.717) is 31.4 Å². The summed E-state index contributed by atoms with van der Waals surface area (Å²) in [6.07, 6.45) is 3.24. The fourth-order valence-corrected chi connectivity index (χ4v) is 6.90. The molecule has 2 N–H and O–H groups in total. The molecular formula is C18H30N2O5S3. The van der Waals surface area contributed by atoms with E-state index in [4.69, 9.17) is 4.74 Å². The zero-order chi connectivity index (χ0) is 20.4. The van der Waals surface area contributed by atoms with Crippen molar-refractivity contribution in [2.45, 2.75) is 60.9 Å². The highest BCUT2D eigenvalue weighted by Crippen LogP contribution is 2.36. The first-order valence-electron chi connectivity index (χ1n) is 9.59. The molecule has 7 nitrogen and oxygen atoms in total. The molecule has 2 aliphatic rings. The van der Waals surface area contributed by atoms with Crippen molar-refractivity contribution in [2.75, 3.05) is 30.5 Å². The molecule has 0 unspecified atom stereocenters. The van der Waals surface area contributed by atoms with Gasteiger partial charge in [0.2, 0.25) is 0 Å². The van der Waals surface area contributed by atoms with Gasteiger partial charge >= 0.3 is 12.0 Å². The van der Waals surface area contributed by atoms with Gasteiger partial charge in [-0.15, -0.1) is 23.5 Å². The third kappa shape index (κ3) is 8.32. The smallest absolute Gasteiger partial charge is 0.315 e. The Morgan fingerprint density at radius 2 is 2.00 bits per heavy atom. The monoisotopic (exact) mass is 450 g/mol. The van der Waals surface area contributed by atoms with Gasteiger partial charge in [-0.3, -0.25) is 9.59 Å². The SMILES string of the molecule is CC(C)(SCCOC=O)SCCOC(=O)CCCC[C@@H]1SC[C@@H]2NC(=O)N[C@@H]21. The molecule has 0 radical (unpaired) electrons. The summed E-state index contributed by atoms with van der Waals surface area (Å²) in [5.41, 5.74) is 0. The molecule has 3 atom stereocenters. The van der Waals surface area contributed by atoms with E-state index in [1.165, 1.54) is 0 Å². The van der Waals surface area contributed by atoms with Crippen molar-refractivity contribution in [2.24, 2.45) is 0 Å². The highest BCUT2D eigenvalue weighted by molar-refractivity contribution is 8.18. The molecule has 0 aromatic carbocycles. The molecule has 0 saturated carbocycles. The minimum atomic E-state index is -0.141. The molecule has 10 heteroatoms. The fraction of sp³-hybridized carbons (Fsp3) is 0.833. The summed E-state index contributed by atoms with van der Waals surface area (Å²) in [7, 11) is 0. The van der Waals surface area contributed by atoms with E-state index >= 15 is 0 Å². The second kappa shape index (κ2) is 12.1. The molecule has 0 aromatic heterocycles. The Kier molecular flexibility index (Phi) is 10.1. The van der Waals surface area contributed by atoms with Crippen molar-refractivity contribution in [1.82, 2.24) is 10.6 Å². The average Bonchev–Trinajstić information content (AvgIpc) is 3.19. The number of unbranched alkanes of at least 4 members (excludes halogenated alkanes) is 1. The topological polar surface area (TPSA) is 93.7 Å². The Morgan fingerprint density at radius 1 is 1.25 bits per heavy atom. The summed E-state index contributed by atoms with van der Waals surface area (Å²) in [4.78, 5) is 33.4. The summed E-state index contributed by atoms with van der Waals surface area (Å²) in [5, 5.41) is 6.37. The van der Waals surface area contributed by atoms with Crippen LogP contribution in [-0.2, 0) is 19.1 Å². The van der Waals surface area contributed by atoms with Crippen LogP contribution >= 0.6 is 35.3 Å². The average molecular weight is 451 g/mol. The lowest BCUT2D eigenvalue weighted by Crippen LogP contribution is -2.36. The number of hydrogen-bond donors (Lipinski definition) is 2. The van der Waals surface area contributed by atoms with Gasteiger partial charge in [0.05, 0.1) is 16.2 Å². The zero-order valence-corrected chi connectivity index (χ0v) is 18.9. The minimum absolute atomic E-state index is 0.0139. The molecule has 0 aromatic rings. The first-order valence-corrected chi connectivity index (χ1v) is 12.6. The molecule has 2 saturated heterocycles. The number of rotatable bonds is 14. The molecule has 2 amide bonds. The Hall–Kier alpha value is -0.740. The van der Waals surface area contributed by atoms with Gasteiger partial charge in [0.25, 0.3) is 6.47 Å². The van der Waals surface area contributed by atoms with Gasteiger partial charge in [-0.25, -0.2) is 4.79 Å². The number of amides is 2. The van der Waals surface area contributed by atoms with Crippen molar-refractivity contribution < 1.29 is 23.9 Å². The minimum Gasteiger partial charge on any atom is -0.467 e. The second-order valence-corrected chi connectivity index (χ2v) is 12.1. The van der Waals surface area contributed by atoms with Crippen LogP contribution in [0.3, 0.4) is 0 Å². The second-order valence-electron chi connectivity index (χ2n) is 7.15. The first kappa shape index (κ1) is 23.5. The lowest BCUT2D eigenvalue weighted by molar-refractivity contribution is -0.143. The fourth-order valence-electron chi connectivity index (χ4n) is 3.20. The Morgan fingerprint density at radius 3 is 2.75 bits per heavy atom. The van der Waals surface area contributed by atoms with Crippen LogP contribution in [0.25, 0.3) is 0 Å². The van der Waals surface area contributed by atoms with E-state index < -0.39 is 0 Å². The number of nitrogens with one attached hydrogen (secondary N) is 2. The van der Waals surface area contributed by atoms with E-state index in [1.54, 1.807) is 23.5 Å². The quantitative estimate of drug-likeness (QED) is 0.137. The van der Waals surface area contributed by atoms with E-state index in [1.807, 2.05) is 11.8 Å². The van der Waals surface area contributed by atoms with Crippen molar-refractivity contribution >= 4 is 53.8 Å². The van der Waals surface area contributed by atoms with Crippen LogP contribution < -0.4 is 10.6 Å². The molecule has 160 valence electrons. The molecule has 2 rings (SSSR count). The maximum atomic E-state index is 11.9. The Labute approximate surface area is 179 Å². The summed E-state index contributed by atoms with van der Waals surface area (Å²) in [6, 6.07) is 0.426. The van der Waals surface area contributed by atoms with Crippen molar-refractivity contribution in [3.63, 3.8) is 0 Å². The van der Waals surface area contributed by atoms with Crippen LogP contribution in [0.5, 0.6) is 0 Å². The van der Waals surface area contributed by atoms with Crippen molar-refractivity contribution in [3.05, 3.63) is 0 Å². The molecular weight excluding hydrogens is 420 g/mol. The number of carbonyl (C=O) groups excluding carboxylic acids is 3. The van der Waals surface area contributed by atoms with Gasteiger partial charge in [0.1, 0.15) is 13.2 Å². The zero-order valence-electron chi connectivity index (χ0n) is 16.4. The van der Waals surface area contributed by atoms with E-state index in [-0.39, 0.29) is 28.2 Å². The lowest BCUT2D eigenvalue weighted by Gasteiger charge is -2.23. The number of urea groups is 1. The molecule has 0 aliphatic carbocycles. The van der Waals surface area contributed by atoms with Gasteiger partial charge in [0.15, 0.2) is 0 Å². The highest BCUT2D eigenvalue weighted by atomic mass is 32.2. The third-order valence-electron chi connectivity index (χ3n) is 4.57. The number of ether oxygens (including phenoxy) is 2.